The van der Waals surface area contributed by atoms with Gasteiger partial charge < -0.3 is 4.74 Å². The summed E-state index contributed by atoms with van der Waals surface area (Å²) in [5.41, 5.74) is 2.04. The Balaban J connectivity index is 1.94. The van der Waals surface area contributed by atoms with E-state index in [9.17, 15) is 8.42 Å². The van der Waals surface area contributed by atoms with Gasteiger partial charge in [-0.15, -0.1) is 0 Å². The minimum absolute atomic E-state index is 0.255. The Labute approximate surface area is 136 Å². The van der Waals surface area contributed by atoms with Crippen LogP contribution in [0.1, 0.15) is 0 Å². The summed E-state index contributed by atoms with van der Waals surface area (Å²) in [7, 11) is -1.97. The van der Waals surface area contributed by atoms with Gasteiger partial charge in [-0.05, 0) is 47.5 Å². The Morgan fingerprint density at radius 3 is 1.65 bits per heavy atom. The molecule has 3 rings (SSSR count). The predicted octanol–water partition coefficient (Wildman–Crippen LogP) is 4.20. The maximum Gasteiger partial charge on any atom is 0.206 e. The SMILES string of the molecule is COc1ccc(S(=O)(=O)c2ccc(-c3ccccc3)cc2)cc1. The van der Waals surface area contributed by atoms with E-state index >= 15 is 0 Å². The summed E-state index contributed by atoms with van der Waals surface area (Å²) in [4.78, 5) is 0.535. The van der Waals surface area contributed by atoms with E-state index in [0.717, 1.165) is 11.1 Å². The minimum Gasteiger partial charge on any atom is -0.497 e. The fourth-order valence-electron chi connectivity index (χ4n) is 2.35. The number of sulfone groups is 1. The van der Waals surface area contributed by atoms with Gasteiger partial charge in [-0.2, -0.15) is 0 Å². The van der Waals surface area contributed by atoms with E-state index in [1.54, 1.807) is 43.5 Å². The van der Waals surface area contributed by atoms with E-state index in [0.29, 0.717) is 5.75 Å². The molecule has 0 heterocycles. The van der Waals surface area contributed by atoms with Gasteiger partial charge in [0.2, 0.25) is 9.84 Å². The van der Waals surface area contributed by atoms with E-state index in [2.05, 4.69) is 0 Å². The summed E-state index contributed by atoms with van der Waals surface area (Å²) in [5.74, 6) is 0.628. The lowest BCUT2D eigenvalue weighted by Crippen LogP contribution is -2.01. The van der Waals surface area contributed by atoms with Gasteiger partial charge in [0.05, 0.1) is 16.9 Å². The molecule has 0 aliphatic rings. The standard InChI is InChI=1S/C19H16O3S/c1-22-17-9-13-19(14-10-17)23(20,21)18-11-7-16(8-12-18)15-5-3-2-4-6-15/h2-14H,1H3. The first-order chi connectivity index (χ1) is 11.1. The normalized spacial score (nSPS) is 11.2. The lowest BCUT2D eigenvalue weighted by atomic mass is 10.1. The average Bonchev–Trinajstić information content (AvgIpc) is 2.62. The monoisotopic (exact) mass is 324 g/mol. The van der Waals surface area contributed by atoms with Gasteiger partial charge in [0.15, 0.2) is 0 Å². The topological polar surface area (TPSA) is 43.4 Å². The summed E-state index contributed by atoms with van der Waals surface area (Å²) in [6.07, 6.45) is 0. The summed E-state index contributed by atoms with van der Waals surface area (Å²) >= 11 is 0. The van der Waals surface area contributed by atoms with Gasteiger partial charge in [-0.1, -0.05) is 42.5 Å². The molecule has 0 saturated carbocycles. The van der Waals surface area contributed by atoms with Crippen molar-refractivity contribution < 1.29 is 13.2 Å². The molecular formula is C19H16O3S. The van der Waals surface area contributed by atoms with Crippen LogP contribution in [0.3, 0.4) is 0 Å². The van der Waals surface area contributed by atoms with Gasteiger partial charge in [0, 0.05) is 0 Å². The molecule has 3 aromatic rings. The Morgan fingerprint density at radius 2 is 1.13 bits per heavy atom. The molecule has 0 N–H and O–H groups in total. The van der Waals surface area contributed by atoms with Crippen molar-refractivity contribution in [1.82, 2.24) is 0 Å². The molecule has 3 nitrogen and oxygen atoms in total. The number of methoxy groups -OCH3 is 1. The van der Waals surface area contributed by atoms with Crippen molar-refractivity contribution in [2.24, 2.45) is 0 Å². The summed E-state index contributed by atoms with van der Waals surface area (Å²) in [5, 5.41) is 0. The van der Waals surface area contributed by atoms with Crippen LogP contribution in [0.4, 0.5) is 0 Å². The fraction of sp³-hybridized carbons (Fsp3) is 0.0526. The van der Waals surface area contributed by atoms with Crippen molar-refractivity contribution in [2.75, 3.05) is 7.11 Å². The van der Waals surface area contributed by atoms with Crippen molar-refractivity contribution in [1.29, 1.82) is 0 Å². The second kappa shape index (κ2) is 6.26. The Hall–Kier alpha value is -2.59. The van der Waals surface area contributed by atoms with Gasteiger partial charge in [-0.25, -0.2) is 8.42 Å². The Kier molecular flexibility index (Phi) is 4.17. The van der Waals surface area contributed by atoms with Crippen LogP contribution in [-0.2, 0) is 9.84 Å². The molecule has 0 aliphatic heterocycles. The fourth-order valence-corrected chi connectivity index (χ4v) is 3.61. The van der Waals surface area contributed by atoms with Gasteiger partial charge in [0.1, 0.15) is 5.75 Å². The third-order valence-corrected chi connectivity index (χ3v) is 5.43. The number of rotatable bonds is 4. The van der Waals surface area contributed by atoms with Crippen molar-refractivity contribution >= 4 is 9.84 Å². The van der Waals surface area contributed by atoms with Crippen LogP contribution in [0, 0.1) is 0 Å². The molecule has 0 unspecified atom stereocenters. The molecule has 0 radical (unpaired) electrons. The molecular weight excluding hydrogens is 308 g/mol. The summed E-state index contributed by atoms with van der Waals surface area (Å²) in [6.45, 7) is 0. The molecule has 0 fully saturated rings. The van der Waals surface area contributed by atoms with Crippen LogP contribution < -0.4 is 4.74 Å². The maximum absolute atomic E-state index is 12.6. The van der Waals surface area contributed by atoms with Crippen molar-refractivity contribution in [2.45, 2.75) is 9.79 Å². The zero-order valence-corrected chi connectivity index (χ0v) is 13.5. The highest BCUT2D eigenvalue weighted by atomic mass is 32.2. The first-order valence-electron chi connectivity index (χ1n) is 7.16. The smallest absolute Gasteiger partial charge is 0.206 e. The number of hydrogen-bond donors (Lipinski definition) is 0. The number of benzene rings is 3. The lowest BCUT2D eigenvalue weighted by Gasteiger charge is -2.07. The summed E-state index contributed by atoms with van der Waals surface area (Å²) in [6, 6.07) is 23.2. The highest BCUT2D eigenvalue weighted by Crippen LogP contribution is 2.26. The van der Waals surface area contributed by atoms with E-state index in [-0.39, 0.29) is 9.79 Å². The Morgan fingerprint density at radius 1 is 0.652 bits per heavy atom. The van der Waals surface area contributed by atoms with Crippen LogP contribution in [-0.4, -0.2) is 15.5 Å². The van der Waals surface area contributed by atoms with Crippen LogP contribution >= 0.6 is 0 Å². The second-order valence-electron chi connectivity index (χ2n) is 5.07. The average molecular weight is 324 g/mol. The predicted molar refractivity (Wildman–Crippen MR) is 90.3 cm³/mol. The third kappa shape index (κ3) is 3.12. The van der Waals surface area contributed by atoms with E-state index in [4.69, 9.17) is 4.74 Å². The third-order valence-electron chi connectivity index (χ3n) is 3.64. The quantitative estimate of drug-likeness (QED) is 0.722. The minimum atomic E-state index is -3.52. The van der Waals surface area contributed by atoms with E-state index in [1.165, 1.54) is 0 Å². The van der Waals surface area contributed by atoms with Crippen molar-refractivity contribution in [3.05, 3.63) is 78.9 Å². The van der Waals surface area contributed by atoms with Gasteiger partial charge >= 0.3 is 0 Å². The van der Waals surface area contributed by atoms with Crippen molar-refractivity contribution in [3.63, 3.8) is 0 Å². The van der Waals surface area contributed by atoms with E-state index < -0.39 is 9.84 Å². The highest BCUT2D eigenvalue weighted by molar-refractivity contribution is 7.91. The molecule has 4 heteroatoms. The largest absolute Gasteiger partial charge is 0.497 e. The molecule has 0 amide bonds. The first-order valence-corrected chi connectivity index (χ1v) is 8.64. The second-order valence-corrected chi connectivity index (χ2v) is 7.02. The molecule has 0 atom stereocenters. The van der Waals surface area contributed by atoms with Crippen LogP contribution in [0.25, 0.3) is 11.1 Å². The van der Waals surface area contributed by atoms with Crippen LogP contribution in [0.15, 0.2) is 88.7 Å². The molecule has 116 valence electrons. The summed E-state index contributed by atoms with van der Waals surface area (Å²) < 4.78 is 30.3. The molecule has 0 spiro atoms. The maximum atomic E-state index is 12.6. The van der Waals surface area contributed by atoms with Gasteiger partial charge in [0.25, 0.3) is 0 Å². The molecule has 3 aromatic carbocycles. The van der Waals surface area contributed by atoms with Crippen molar-refractivity contribution in [3.8, 4) is 16.9 Å². The van der Waals surface area contributed by atoms with Gasteiger partial charge in [-0.3, -0.25) is 0 Å². The lowest BCUT2D eigenvalue weighted by molar-refractivity contribution is 0.414. The van der Waals surface area contributed by atoms with E-state index in [1.807, 2.05) is 42.5 Å². The number of hydrogen-bond acceptors (Lipinski definition) is 3. The molecule has 0 bridgehead atoms. The molecule has 0 aliphatic carbocycles. The Bertz CT molecular complexity index is 882. The molecule has 0 saturated heterocycles. The number of ether oxygens (including phenoxy) is 1. The van der Waals surface area contributed by atoms with Crippen LogP contribution in [0.2, 0.25) is 0 Å². The molecule has 0 aromatic heterocycles. The zero-order chi connectivity index (χ0) is 16.3. The molecule has 23 heavy (non-hydrogen) atoms. The van der Waals surface area contributed by atoms with Crippen LogP contribution in [0.5, 0.6) is 5.75 Å². The zero-order valence-electron chi connectivity index (χ0n) is 12.6. The highest BCUT2D eigenvalue weighted by Gasteiger charge is 2.17. The first kappa shape index (κ1) is 15.3.